The summed E-state index contributed by atoms with van der Waals surface area (Å²) in [5.41, 5.74) is 0. The lowest BCUT2D eigenvalue weighted by Crippen LogP contribution is -1.93. The lowest BCUT2D eigenvalue weighted by atomic mass is 10.5. The van der Waals surface area contributed by atoms with Gasteiger partial charge in [-0.05, 0) is 27.4 Å². The molecule has 50 valence electrons. The van der Waals surface area contributed by atoms with E-state index in [-0.39, 0.29) is 0 Å². The molecule has 0 N–H and O–H groups in total. The number of rotatable bonds is 0. The van der Waals surface area contributed by atoms with Crippen LogP contribution in [0.4, 0.5) is 0 Å². The second-order valence-electron chi connectivity index (χ2n) is 1.45. The molecule has 0 saturated carbocycles. The SMILES string of the molecule is BrC1=C(Br)C(Br)SC=C1. The van der Waals surface area contributed by atoms with Crippen molar-refractivity contribution in [3.63, 3.8) is 0 Å². The van der Waals surface area contributed by atoms with Crippen LogP contribution in [0, 0.1) is 0 Å². The van der Waals surface area contributed by atoms with Crippen LogP contribution in [0.2, 0.25) is 0 Å². The van der Waals surface area contributed by atoms with E-state index in [9.17, 15) is 0 Å². The lowest BCUT2D eigenvalue weighted by Gasteiger charge is -2.10. The molecule has 1 aliphatic heterocycles. The van der Waals surface area contributed by atoms with Crippen molar-refractivity contribution in [3.05, 3.63) is 20.4 Å². The van der Waals surface area contributed by atoms with Crippen molar-refractivity contribution in [2.75, 3.05) is 0 Å². The van der Waals surface area contributed by atoms with Gasteiger partial charge in [0.2, 0.25) is 0 Å². The molecule has 0 aliphatic carbocycles. The van der Waals surface area contributed by atoms with Crippen molar-refractivity contribution < 1.29 is 0 Å². The van der Waals surface area contributed by atoms with Gasteiger partial charge >= 0.3 is 0 Å². The number of allylic oxidation sites excluding steroid dienone is 2. The minimum atomic E-state index is 0.372. The summed E-state index contributed by atoms with van der Waals surface area (Å²) >= 11 is 12.0. The summed E-state index contributed by atoms with van der Waals surface area (Å²) in [6.07, 6.45) is 2.02. The molecule has 1 unspecified atom stereocenters. The Labute approximate surface area is 83.5 Å². The topological polar surface area (TPSA) is 0 Å². The molecule has 0 aromatic heterocycles. The van der Waals surface area contributed by atoms with Gasteiger partial charge in [-0.3, -0.25) is 0 Å². The van der Waals surface area contributed by atoms with Crippen LogP contribution in [-0.2, 0) is 0 Å². The molecule has 0 spiro atoms. The lowest BCUT2D eigenvalue weighted by molar-refractivity contribution is 1.61. The van der Waals surface area contributed by atoms with Crippen molar-refractivity contribution in [2.45, 2.75) is 4.16 Å². The average molecular weight is 335 g/mol. The minimum Gasteiger partial charge on any atom is -0.114 e. The van der Waals surface area contributed by atoms with E-state index < -0.39 is 0 Å². The largest absolute Gasteiger partial charge is 0.114 e. The highest BCUT2D eigenvalue weighted by Crippen LogP contribution is 2.38. The predicted molar refractivity (Wildman–Crippen MR) is 54.3 cm³/mol. The van der Waals surface area contributed by atoms with E-state index in [0.29, 0.717) is 4.16 Å². The molecular weight excluding hydrogens is 332 g/mol. The highest BCUT2D eigenvalue weighted by Gasteiger charge is 2.12. The fourth-order valence-electron chi connectivity index (χ4n) is 0.416. The van der Waals surface area contributed by atoms with Crippen LogP contribution < -0.4 is 0 Å². The van der Waals surface area contributed by atoms with Crippen LogP contribution >= 0.6 is 59.6 Å². The van der Waals surface area contributed by atoms with Crippen molar-refractivity contribution in [1.82, 2.24) is 0 Å². The average Bonchev–Trinajstić information content (AvgIpc) is 1.83. The summed E-state index contributed by atoms with van der Waals surface area (Å²) < 4.78 is 2.65. The molecule has 1 rings (SSSR count). The van der Waals surface area contributed by atoms with E-state index in [1.54, 1.807) is 11.8 Å². The first-order valence-corrected chi connectivity index (χ1v) is 5.67. The summed E-state index contributed by atoms with van der Waals surface area (Å²) in [6, 6.07) is 0. The third-order valence-electron chi connectivity index (χ3n) is 0.840. The number of thioether (sulfide) groups is 1. The first kappa shape index (κ1) is 8.37. The van der Waals surface area contributed by atoms with Crippen LogP contribution in [-0.4, -0.2) is 4.16 Å². The van der Waals surface area contributed by atoms with Gasteiger partial charge in [-0.2, -0.15) is 0 Å². The molecule has 0 radical (unpaired) electrons. The van der Waals surface area contributed by atoms with Gasteiger partial charge in [-0.1, -0.05) is 31.9 Å². The molecule has 0 nitrogen and oxygen atoms in total. The van der Waals surface area contributed by atoms with Crippen LogP contribution in [0.3, 0.4) is 0 Å². The molecule has 0 bridgehead atoms. The van der Waals surface area contributed by atoms with Gasteiger partial charge in [0.05, 0.1) is 4.16 Å². The van der Waals surface area contributed by atoms with Gasteiger partial charge in [-0.25, -0.2) is 0 Å². The summed E-state index contributed by atoms with van der Waals surface area (Å²) in [5.74, 6) is 0. The van der Waals surface area contributed by atoms with Crippen molar-refractivity contribution in [3.8, 4) is 0 Å². The molecule has 9 heavy (non-hydrogen) atoms. The maximum atomic E-state index is 3.47. The fraction of sp³-hybridized carbons (Fsp3) is 0.200. The number of alkyl halides is 1. The van der Waals surface area contributed by atoms with E-state index in [4.69, 9.17) is 0 Å². The maximum Gasteiger partial charge on any atom is 0.0965 e. The van der Waals surface area contributed by atoms with Gasteiger partial charge in [0.15, 0.2) is 0 Å². The molecule has 1 aliphatic rings. The molecule has 0 fully saturated rings. The Morgan fingerprint density at radius 3 is 2.56 bits per heavy atom. The Balaban J connectivity index is 2.83. The van der Waals surface area contributed by atoms with E-state index >= 15 is 0 Å². The standard InChI is InChI=1S/C5H3Br3S/c6-3-1-2-9-5(8)4(3)7/h1-2,5H. The van der Waals surface area contributed by atoms with Crippen LogP contribution in [0.15, 0.2) is 20.4 Å². The first-order chi connectivity index (χ1) is 4.22. The van der Waals surface area contributed by atoms with E-state index in [2.05, 4.69) is 47.8 Å². The zero-order valence-electron chi connectivity index (χ0n) is 4.27. The molecule has 1 heterocycles. The molecule has 0 aromatic rings. The summed E-state index contributed by atoms with van der Waals surface area (Å²) in [5, 5.41) is 2.05. The van der Waals surface area contributed by atoms with E-state index in [1.165, 1.54) is 0 Å². The predicted octanol–water partition coefficient (Wildman–Crippen LogP) is 3.97. The highest BCUT2D eigenvalue weighted by molar-refractivity contribution is 9.16. The van der Waals surface area contributed by atoms with Crippen molar-refractivity contribution in [2.24, 2.45) is 0 Å². The highest BCUT2D eigenvalue weighted by atomic mass is 79.9. The second-order valence-corrected chi connectivity index (χ2v) is 5.70. The van der Waals surface area contributed by atoms with Crippen LogP contribution in [0.1, 0.15) is 0 Å². The zero-order chi connectivity index (χ0) is 6.85. The monoisotopic (exact) mass is 332 g/mol. The minimum absolute atomic E-state index is 0.372. The second kappa shape index (κ2) is 3.60. The molecule has 0 aromatic carbocycles. The van der Waals surface area contributed by atoms with Crippen molar-refractivity contribution >= 4 is 59.6 Å². The van der Waals surface area contributed by atoms with Gasteiger partial charge in [0, 0.05) is 8.96 Å². The van der Waals surface area contributed by atoms with Crippen LogP contribution in [0.5, 0.6) is 0 Å². The zero-order valence-corrected chi connectivity index (χ0v) is 9.85. The molecule has 4 heteroatoms. The third kappa shape index (κ3) is 2.10. The Hall–Kier alpha value is 1.27. The number of hydrogen-bond acceptors (Lipinski definition) is 1. The quantitative estimate of drug-likeness (QED) is 0.604. The Morgan fingerprint density at radius 1 is 1.44 bits per heavy atom. The molecule has 0 amide bonds. The third-order valence-corrected chi connectivity index (χ3v) is 5.74. The fourth-order valence-corrected chi connectivity index (χ4v) is 3.09. The Bertz CT molecular complexity index is 173. The normalized spacial score (nSPS) is 27.2. The number of halogens is 3. The number of hydrogen-bond donors (Lipinski definition) is 0. The van der Waals surface area contributed by atoms with Crippen molar-refractivity contribution in [1.29, 1.82) is 0 Å². The van der Waals surface area contributed by atoms with Gasteiger partial charge in [-0.15, -0.1) is 11.8 Å². The smallest absolute Gasteiger partial charge is 0.0965 e. The van der Waals surface area contributed by atoms with Gasteiger partial charge in [0.1, 0.15) is 0 Å². The maximum absolute atomic E-state index is 3.47. The Morgan fingerprint density at radius 2 is 2.11 bits per heavy atom. The summed E-state index contributed by atoms with van der Waals surface area (Å²) in [4.78, 5) is 0. The Kier molecular flexibility index (Phi) is 3.35. The van der Waals surface area contributed by atoms with E-state index in [0.717, 1.165) is 8.96 Å². The van der Waals surface area contributed by atoms with Crippen LogP contribution in [0.25, 0.3) is 0 Å². The molecule has 1 atom stereocenters. The van der Waals surface area contributed by atoms with Gasteiger partial charge < -0.3 is 0 Å². The first-order valence-electron chi connectivity index (χ1n) is 2.23. The molecular formula is C5H3Br3S. The van der Waals surface area contributed by atoms with Gasteiger partial charge in [0.25, 0.3) is 0 Å². The summed E-state index contributed by atoms with van der Waals surface area (Å²) in [7, 11) is 0. The molecule has 0 saturated heterocycles. The summed E-state index contributed by atoms with van der Waals surface area (Å²) in [6.45, 7) is 0. The van der Waals surface area contributed by atoms with E-state index in [1.807, 2.05) is 11.5 Å².